The van der Waals surface area contributed by atoms with E-state index in [1.54, 1.807) is 6.26 Å². The number of aromatic nitrogens is 2. The van der Waals surface area contributed by atoms with E-state index in [0.29, 0.717) is 11.6 Å². The van der Waals surface area contributed by atoms with Crippen LogP contribution in [-0.4, -0.2) is 9.36 Å². The third-order valence-corrected chi connectivity index (χ3v) is 3.57. The molecule has 0 spiro atoms. The lowest BCUT2D eigenvalue weighted by Crippen LogP contribution is -1.83. The highest BCUT2D eigenvalue weighted by molar-refractivity contribution is 7.09. The van der Waals surface area contributed by atoms with Gasteiger partial charge in [0, 0.05) is 10.6 Å². The van der Waals surface area contributed by atoms with Gasteiger partial charge in [0.25, 0.3) is 0 Å². The molecule has 0 radical (unpaired) electrons. The Balaban J connectivity index is 2.03. The molecular formula is C13H9ClN2OS. The van der Waals surface area contributed by atoms with Crippen molar-refractivity contribution < 1.29 is 4.42 Å². The van der Waals surface area contributed by atoms with E-state index in [1.807, 2.05) is 37.3 Å². The Morgan fingerprint density at radius 1 is 1.28 bits per heavy atom. The first-order valence-corrected chi connectivity index (χ1v) is 6.53. The third-order valence-electron chi connectivity index (χ3n) is 2.59. The van der Waals surface area contributed by atoms with Crippen LogP contribution in [0.5, 0.6) is 0 Å². The van der Waals surface area contributed by atoms with E-state index in [2.05, 4.69) is 9.36 Å². The molecule has 0 N–H and O–H groups in total. The zero-order chi connectivity index (χ0) is 12.5. The van der Waals surface area contributed by atoms with Crippen molar-refractivity contribution in [3.05, 3.63) is 47.2 Å². The number of hydrogen-bond acceptors (Lipinski definition) is 4. The summed E-state index contributed by atoms with van der Waals surface area (Å²) in [6.07, 6.45) is 1.61. The van der Waals surface area contributed by atoms with Gasteiger partial charge in [0.05, 0.1) is 6.26 Å². The summed E-state index contributed by atoms with van der Waals surface area (Å²) in [5.74, 6) is 1.30. The summed E-state index contributed by atoms with van der Waals surface area (Å²) >= 11 is 7.30. The molecular weight excluding hydrogens is 268 g/mol. The average Bonchev–Trinajstić information content (AvgIpc) is 2.99. The molecule has 2 heterocycles. The van der Waals surface area contributed by atoms with Gasteiger partial charge in [-0.2, -0.15) is 4.37 Å². The predicted octanol–water partition coefficient (Wildman–Crippen LogP) is 4.43. The van der Waals surface area contributed by atoms with E-state index in [0.717, 1.165) is 21.2 Å². The summed E-state index contributed by atoms with van der Waals surface area (Å²) in [4.78, 5) is 4.48. The molecule has 0 atom stereocenters. The smallest absolute Gasteiger partial charge is 0.209 e. The summed E-state index contributed by atoms with van der Waals surface area (Å²) in [6, 6.07) is 9.41. The van der Waals surface area contributed by atoms with Crippen molar-refractivity contribution >= 4 is 23.1 Å². The van der Waals surface area contributed by atoms with Crippen molar-refractivity contribution in [1.82, 2.24) is 9.36 Å². The molecule has 3 aromatic rings. The van der Waals surface area contributed by atoms with Crippen molar-refractivity contribution in [3.8, 4) is 22.2 Å². The molecule has 0 amide bonds. The van der Waals surface area contributed by atoms with Crippen molar-refractivity contribution in [2.45, 2.75) is 6.92 Å². The fourth-order valence-electron chi connectivity index (χ4n) is 1.71. The van der Waals surface area contributed by atoms with Gasteiger partial charge in [0.2, 0.25) is 5.82 Å². The molecule has 0 saturated carbocycles. The maximum Gasteiger partial charge on any atom is 0.209 e. The van der Waals surface area contributed by atoms with Crippen LogP contribution in [0.1, 0.15) is 5.56 Å². The second-order valence-corrected chi connectivity index (χ2v) is 5.05. The van der Waals surface area contributed by atoms with Crippen LogP contribution in [0.4, 0.5) is 0 Å². The second-order valence-electron chi connectivity index (χ2n) is 3.86. The Kier molecular flexibility index (Phi) is 2.89. The molecule has 0 bridgehead atoms. The molecule has 0 unspecified atom stereocenters. The van der Waals surface area contributed by atoms with Crippen LogP contribution in [0, 0.1) is 6.92 Å². The van der Waals surface area contributed by atoms with E-state index >= 15 is 0 Å². The first-order valence-electron chi connectivity index (χ1n) is 5.38. The van der Waals surface area contributed by atoms with Crippen molar-refractivity contribution in [2.75, 3.05) is 0 Å². The van der Waals surface area contributed by atoms with E-state index in [-0.39, 0.29) is 0 Å². The van der Waals surface area contributed by atoms with Crippen LogP contribution in [0.25, 0.3) is 22.2 Å². The number of nitrogens with zero attached hydrogens (tertiary/aromatic N) is 2. The minimum Gasteiger partial charge on any atom is -0.461 e. The minimum absolute atomic E-state index is 0.620. The van der Waals surface area contributed by atoms with Crippen LogP contribution in [0.15, 0.2) is 41.0 Å². The van der Waals surface area contributed by atoms with Gasteiger partial charge in [-0.05, 0) is 48.3 Å². The number of furan rings is 1. The van der Waals surface area contributed by atoms with E-state index in [4.69, 9.17) is 16.0 Å². The Hall–Kier alpha value is -1.65. The van der Waals surface area contributed by atoms with Crippen molar-refractivity contribution in [1.29, 1.82) is 0 Å². The number of rotatable bonds is 2. The predicted molar refractivity (Wildman–Crippen MR) is 72.8 cm³/mol. The van der Waals surface area contributed by atoms with Crippen LogP contribution in [0.3, 0.4) is 0 Å². The van der Waals surface area contributed by atoms with Crippen LogP contribution in [-0.2, 0) is 0 Å². The highest BCUT2D eigenvalue weighted by Gasteiger charge is 2.12. The fraction of sp³-hybridized carbons (Fsp3) is 0.0769. The molecule has 0 saturated heterocycles. The highest BCUT2D eigenvalue weighted by atomic mass is 35.5. The van der Waals surface area contributed by atoms with Crippen LogP contribution >= 0.6 is 23.1 Å². The summed E-state index contributed by atoms with van der Waals surface area (Å²) in [7, 11) is 0. The lowest BCUT2D eigenvalue weighted by atomic mass is 10.1. The van der Waals surface area contributed by atoms with Gasteiger partial charge in [0.1, 0.15) is 5.01 Å². The van der Waals surface area contributed by atoms with Crippen LogP contribution < -0.4 is 0 Å². The van der Waals surface area contributed by atoms with Gasteiger partial charge >= 0.3 is 0 Å². The summed E-state index contributed by atoms with van der Waals surface area (Å²) < 4.78 is 9.58. The van der Waals surface area contributed by atoms with E-state index < -0.39 is 0 Å². The number of benzene rings is 1. The van der Waals surface area contributed by atoms with E-state index in [1.165, 1.54) is 11.5 Å². The lowest BCUT2D eigenvalue weighted by molar-refractivity contribution is 0.578. The van der Waals surface area contributed by atoms with E-state index in [9.17, 15) is 0 Å². The maximum atomic E-state index is 5.94. The summed E-state index contributed by atoms with van der Waals surface area (Å²) in [5, 5.41) is 1.60. The van der Waals surface area contributed by atoms with Gasteiger partial charge in [-0.15, -0.1) is 0 Å². The molecule has 3 rings (SSSR count). The van der Waals surface area contributed by atoms with Gasteiger partial charge in [0.15, 0.2) is 5.76 Å². The molecule has 18 heavy (non-hydrogen) atoms. The van der Waals surface area contributed by atoms with Crippen molar-refractivity contribution in [3.63, 3.8) is 0 Å². The number of aryl methyl sites for hydroxylation is 1. The Labute approximate surface area is 113 Å². The molecule has 1 aromatic carbocycles. The summed E-state index contributed by atoms with van der Waals surface area (Å²) in [6.45, 7) is 2.01. The first-order chi connectivity index (χ1) is 8.74. The summed E-state index contributed by atoms with van der Waals surface area (Å²) in [5.41, 5.74) is 2.14. The van der Waals surface area contributed by atoms with Gasteiger partial charge < -0.3 is 4.42 Å². The zero-order valence-electron chi connectivity index (χ0n) is 9.55. The Morgan fingerprint density at radius 3 is 2.89 bits per heavy atom. The largest absolute Gasteiger partial charge is 0.461 e. The maximum absolute atomic E-state index is 5.94. The quantitative estimate of drug-likeness (QED) is 0.695. The zero-order valence-corrected chi connectivity index (χ0v) is 11.1. The molecule has 0 aliphatic carbocycles. The number of halogens is 1. The molecule has 3 nitrogen and oxygen atoms in total. The standard InChI is InChI=1S/C13H9ClN2OS/c1-8-7-9(14)4-5-10(8)13-15-12(16-18-13)11-3-2-6-17-11/h2-7H,1H3. The van der Waals surface area contributed by atoms with Gasteiger partial charge in [-0.1, -0.05) is 17.7 Å². The average molecular weight is 277 g/mol. The third kappa shape index (κ3) is 2.05. The monoisotopic (exact) mass is 276 g/mol. The van der Waals surface area contributed by atoms with Gasteiger partial charge in [-0.25, -0.2) is 4.98 Å². The SMILES string of the molecule is Cc1cc(Cl)ccc1-c1nc(-c2ccco2)ns1. The molecule has 0 fully saturated rings. The van der Waals surface area contributed by atoms with Gasteiger partial charge in [-0.3, -0.25) is 0 Å². The normalized spacial score (nSPS) is 10.8. The second kappa shape index (κ2) is 4.55. The Morgan fingerprint density at radius 2 is 2.17 bits per heavy atom. The molecule has 90 valence electrons. The number of hydrogen-bond donors (Lipinski definition) is 0. The molecule has 5 heteroatoms. The molecule has 0 aliphatic heterocycles. The fourth-order valence-corrected chi connectivity index (χ4v) is 2.69. The lowest BCUT2D eigenvalue weighted by Gasteiger charge is -2.01. The highest BCUT2D eigenvalue weighted by Crippen LogP contribution is 2.29. The molecule has 2 aromatic heterocycles. The molecule has 0 aliphatic rings. The minimum atomic E-state index is 0.620. The topological polar surface area (TPSA) is 38.9 Å². The Bertz CT molecular complexity index is 676. The van der Waals surface area contributed by atoms with Crippen molar-refractivity contribution in [2.24, 2.45) is 0 Å². The first kappa shape index (κ1) is 11.4. The van der Waals surface area contributed by atoms with Crippen LogP contribution in [0.2, 0.25) is 5.02 Å².